The van der Waals surface area contributed by atoms with Gasteiger partial charge < -0.3 is 9.47 Å². The minimum Gasteiger partial charge on any atom is -0.331 e. The molecule has 1 atom stereocenters. The van der Waals surface area contributed by atoms with E-state index in [2.05, 4.69) is 37.6 Å². The minimum absolute atomic E-state index is 0.0532. The molecular weight excluding hydrogens is 379 g/mol. The maximum absolute atomic E-state index is 13.2. The fraction of sp³-hybridized carbons (Fsp3) is 0.458. The van der Waals surface area contributed by atoms with Crippen molar-refractivity contribution in [3.05, 3.63) is 48.2 Å². The minimum atomic E-state index is -0.820. The van der Waals surface area contributed by atoms with Crippen molar-refractivity contribution in [2.24, 2.45) is 13.0 Å². The van der Waals surface area contributed by atoms with E-state index in [0.29, 0.717) is 13.0 Å². The molecule has 1 saturated heterocycles. The molecule has 0 unspecified atom stereocenters. The molecule has 0 aliphatic carbocycles. The second-order valence-corrected chi connectivity index (χ2v) is 8.49. The summed E-state index contributed by atoms with van der Waals surface area (Å²) in [6, 6.07) is 8.31. The fourth-order valence-corrected chi connectivity index (χ4v) is 4.33. The molecule has 5 nitrogen and oxygen atoms in total. The summed E-state index contributed by atoms with van der Waals surface area (Å²) in [6.45, 7) is 5.63. The standard InChI is InChI=1S/C24H29FN4O/c1-16(25)15-29-8-6-18(7-9-29)24(30)12-22-11-21-10-19(4-5-20(21)13-27-22)23-14-26-17(2)28(23)3/h4-5,10-11,13-14,16,18H,6-9,12,15H2,1-3H3/t16-/m1/s1. The third kappa shape index (κ3) is 4.43. The smallest absolute Gasteiger partial charge is 0.142 e. The van der Waals surface area contributed by atoms with Crippen LogP contribution in [-0.4, -0.2) is 51.0 Å². The second kappa shape index (κ2) is 8.64. The summed E-state index contributed by atoms with van der Waals surface area (Å²) < 4.78 is 15.3. The van der Waals surface area contributed by atoms with Crippen LogP contribution in [0.4, 0.5) is 4.39 Å². The summed E-state index contributed by atoms with van der Waals surface area (Å²) in [4.78, 5) is 23.8. The molecular formula is C24H29FN4O. The van der Waals surface area contributed by atoms with Crippen molar-refractivity contribution in [2.45, 2.75) is 39.3 Å². The number of likely N-dealkylation sites (tertiary alicyclic amines) is 1. The number of aromatic nitrogens is 3. The van der Waals surface area contributed by atoms with Crippen molar-refractivity contribution in [3.63, 3.8) is 0 Å². The molecule has 0 amide bonds. The Morgan fingerprint density at radius 2 is 1.93 bits per heavy atom. The van der Waals surface area contributed by atoms with Gasteiger partial charge in [-0.1, -0.05) is 12.1 Å². The number of fused-ring (bicyclic) bond motifs is 1. The van der Waals surface area contributed by atoms with Gasteiger partial charge in [0.15, 0.2) is 0 Å². The lowest BCUT2D eigenvalue weighted by Gasteiger charge is -2.31. The molecule has 1 aliphatic heterocycles. The fourth-order valence-electron chi connectivity index (χ4n) is 4.33. The van der Waals surface area contributed by atoms with Gasteiger partial charge in [-0.3, -0.25) is 9.78 Å². The van der Waals surface area contributed by atoms with Crippen LogP contribution in [0.5, 0.6) is 0 Å². The molecule has 3 heterocycles. The van der Waals surface area contributed by atoms with E-state index in [4.69, 9.17) is 0 Å². The van der Waals surface area contributed by atoms with Gasteiger partial charge in [0.2, 0.25) is 0 Å². The summed E-state index contributed by atoms with van der Waals surface area (Å²) in [5.74, 6) is 1.27. The van der Waals surface area contributed by atoms with E-state index < -0.39 is 6.17 Å². The average molecular weight is 409 g/mol. The number of alkyl halides is 1. The number of aryl methyl sites for hydroxylation is 1. The first-order valence-electron chi connectivity index (χ1n) is 10.7. The van der Waals surface area contributed by atoms with Crippen molar-refractivity contribution in [1.29, 1.82) is 0 Å². The van der Waals surface area contributed by atoms with Gasteiger partial charge >= 0.3 is 0 Å². The van der Waals surface area contributed by atoms with Gasteiger partial charge in [-0.05, 0) is 57.3 Å². The number of benzene rings is 1. The highest BCUT2D eigenvalue weighted by molar-refractivity contribution is 5.88. The van der Waals surface area contributed by atoms with Gasteiger partial charge in [0.1, 0.15) is 17.8 Å². The van der Waals surface area contributed by atoms with Crippen molar-refractivity contribution >= 4 is 16.6 Å². The van der Waals surface area contributed by atoms with E-state index in [1.165, 1.54) is 0 Å². The van der Waals surface area contributed by atoms with Gasteiger partial charge in [-0.15, -0.1) is 0 Å². The monoisotopic (exact) mass is 408 g/mol. The summed E-state index contributed by atoms with van der Waals surface area (Å²) in [5, 5.41) is 2.14. The predicted molar refractivity (Wildman–Crippen MR) is 117 cm³/mol. The van der Waals surface area contributed by atoms with Crippen LogP contribution in [0.3, 0.4) is 0 Å². The summed E-state index contributed by atoms with van der Waals surface area (Å²) in [6.07, 6.45) is 4.89. The number of piperidine rings is 1. The molecule has 158 valence electrons. The number of hydrogen-bond acceptors (Lipinski definition) is 4. The predicted octanol–water partition coefficient (Wildman–Crippen LogP) is 4.13. The van der Waals surface area contributed by atoms with Gasteiger partial charge in [0.05, 0.1) is 11.9 Å². The van der Waals surface area contributed by atoms with Crippen LogP contribution in [0.2, 0.25) is 0 Å². The Morgan fingerprint density at radius 1 is 1.17 bits per heavy atom. The molecule has 30 heavy (non-hydrogen) atoms. The summed E-state index contributed by atoms with van der Waals surface area (Å²) in [7, 11) is 2.01. The number of imidazole rings is 1. The highest BCUT2D eigenvalue weighted by atomic mass is 19.1. The molecule has 0 bridgehead atoms. The maximum Gasteiger partial charge on any atom is 0.142 e. The van der Waals surface area contributed by atoms with Crippen molar-refractivity contribution in [1.82, 2.24) is 19.4 Å². The lowest BCUT2D eigenvalue weighted by Crippen LogP contribution is -2.39. The van der Waals surface area contributed by atoms with Crippen molar-refractivity contribution in [2.75, 3.05) is 19.6 Å². The number of ketones is 1. The average Bonchev–Trinajstić information content (AvgIpc) is 3.06. The molecule has 2 aromatic heterocycles. The van der Waals surface area contributed by atoms with Crippen molar-refractivity contribution in [3.8, 4) is 11.3 Å². The molecule has 1 fully saturated rings. The van der Waals surface area contributed by atoms with Crippen LogP contribution in [-0.2, 0) is 18.3 Å². The number of hydrogen-bond donors (Lipinski definition) is 0. The zero-order chi connectivity index (χ0) is 21.3. The Labute approximate surface area is 176 Å². The Kier molecular flexibility index (Phi) is 5.95. The highest BCUT2D eigenvalue weighted by Gasteiger charge is 2.25. The number of pyridine rings is 1. The number of rotatable bonds is 6. The zero-order valence-electron chi connectivity index (χ0n) is 17.9. The van der Waals surface area contributed by atoms with E-state index in [0.717, 1.165) is 59.5 Å². The van der Waals surface area contributed by atoms with Crippen LogP contribution in [0, 0.1) is 12.8 Å². The summed E-state index contributed by atoms with van der Waals surface area (Å²) >= 11 is 0. The first-order chi connectivity index (χ1) is 14.4. The largest absolute Gasteiger partial charge is 0.331 e. The normalized spacial score (nSPS) is 16.8. The van der Waals surface area contributed by atoms with Crippen LogP contribution < -0.4 is 0 Å². The van der Waals surface area contributed by atoms with Crippen molar-refractivity contribution < 1.29 is 9.18 Å². The van der Waals surface area contributed by atoms with Gasteiger partial charge in [0, 0.05) is 48.8 Å². The Balaban J connectivity index is 1.47. The first kappa shape index (κ1) is 20.7. The maximum atomic E-state index is 13.2. The lowest BCUT2D eigenvalue weighted by molar-refractivity contribution is -0.123. The highest BCUT2D eigenvalue weighted by Crippen LogP contribution is 2.26. The Hall–Kier alpha value is -2.60. The molecule has 1 aliphatic rings. The SMILES string of the molecule is Cc1ncc(-c2ccc3cnc(CC(=O)C4CCN(C[C@@H](C)F)CC4)cc3c2)n1C. The molecule has 1 aromatic carbocycles. The van der Waals surface area contributed by atoms with Crippen LogP contribution in [0.15, 0.2) is 36.7 Å². The molecule has 0 saturated carbocycles. The summed E-state index contributed by atoms with van der Waals surface area (Å²) in [5.41, 5.74) is 2.98. The number of carbonyl (C=O) groups excluding carboxylic acids is 1. The molecule has 0 spiro atoms. The van der Waals surface area contributed by atoms with Gasteiger partial charge in [-0.2, -0.15) is 0 Å². The van der Waals surface area contributed by atoms with Crippen LogP contribution in [0.25, 0.3) is 22.0 Å². The number of nitrogens with zero attached hydrogens (tertiary/aromatic N) is 4. The molecule has 0 radical (unpaired) electrons. The van der Waals surface area contributed by atoms with Gasteiger partial charge in [-0.25, -0.2) is 9.37 Å². The number of halogens is 1. The topological polar surface area (TPSA) is 51.0 Å². The number of carbonyl (C=O) groups is 1. The van der Waals surface area contributed by atoms with E-state index in [1.54, 1.807) is 6.92 Å². The van der Waals surface area contributed by atoms with Crippen LogP contribution in [0.1, 0.15) is 31.3 Å². The third-order valence-corrected chi connectivity index (χ3v) is 6.20. The Morgan fingerprint density at radius 3 is 2.60 bits per heavy atom. The molecule has 0 N–H and O–H groups in total. The quantitative estimate of drug-likeness (QED) is 0.616. The molecule has 6 heteroatoms. The van der Waals surface area contributed by atoms with E-state index in [9.17, 15) is 9.18 Å². The van der Waals surface area contributed by atoms with Gasteiger partial charge in [0.25, 0.3) is 0 Å². The Bertz CT molecular complexity index is 1050. The second-order valence-electron chi connectivity index (χ2n) is 8.49. The van der Waals surface area contributed by atoms with E-state index >= 15 is 0 Å². The molecule has 3 aromatic rings. The van der Waals surface area contributed by atoms with E-state index in [-0.39, 0.29) is 11.7 Å². The van der Waals surface area contributed by atoms with E-state index in [1.807, 2.05) is 32.4 Å². The third-order valence-electron chi connectivity index (χ3n) is 6.20. The zero-order valence-corrected chi connectivity index (χ0v) is 17.9. The lowest BCUT2D eigenvalue weighted by atomic mass is 9.90. The first-order valence-corrected chi connectivity index (χ1v) is 10.7. The molecule has 4 rings (SSSR count). The number of Topliss-reactive ketones (excluding diaryl/α,β-unsaturated/α-hetero) is 1. The van der Waals surface area contributed by atoms with Crippen LogP contribution >= 0.6 is 0 Å².